The van der Waals surface area contributed by atoms with Crippen LogP contribution in [0, 0.1) is 5.41 Å². The van der Waals surface area contributed by atoms with Crippen LogP contribution in [0.3, 0.4) is 0 Å². The summed E-state index contributed by atoms with van der Waals surface area (Å²) in [5.74, 6) is 0.204. The normalized spacial score (nSPS) is 20.2. The monoisotopic (exact) mass is 157 g/mol. The number of hydrogen-bond donors (Lipinski definition) is 1. The van der Waals surface area contributed by atoms with Gasteiger partial charge in [-0.1, -0.05) is 36.4 Å². The Labute approximate surface area is 72.2 Å². The Morgan fingerprint density at radius 2 is 2.17 bits per heavy atom. The Morgan fingerprint density at radius 1 is 1.33 bits per heavy atom. The Bertz CT molecular complexity index is 326. The van der Waals surface area contributed by atoms with E-state index >= 15 is 0 Å². The van der Waals surface area contributed by atoms with Gasteiger partial charge in [-0.2, -0.15) is 0 Å². The highest BCUT2D eigenvalue weighted by Crippen LogP contribution is 2.24. The van der Waals surface area contributed by atoms with Crippen LogP contribution in [0.1, 0.15) is 17.0 Å². The summed E-state index contributed by atoms with van der Waals surface area (Å²) < 4.78 is 0. The van der Waals surface area contributed by atoms with Crippen molar-refractivity contribution in [1.82, 2.24) is 0 Å². The van der Waals surface area contributed by atoms with Gasteiger partial charge in [-0.05, 0) is 17.5 Å². The summed E-state index contributed by atoms with van der Waals surface area (Å²) >= 11 is 0. The van der Waals surface area contributed by atoms with Crippen LogP contribution >= 0.6 is 0 Å². The van der Waals surface area contributed by atoms with E-state index in [1.54, 1.807) is 0 Å². The molecule has 1 heteroatoms. The van der Waals surface area contributed by atoms with Gasteiger partial charge in [-0.25, -0.2) is 0 Å². The van der Waals surface area contributed by atoms with Gasteiger partial charge in [0.25, 0.3) is 0 Å². The average Bonchev–Trinajstić information content (AvgIpc) is 2.17. The minimum atomic E-state index is 0.204. The quantitative estimate of drug-likeness (QED) is 0.478. The van der Waals surface area contributed by atoms with Crippen molar-refractivity contribution in [1.29, 1.82) is 5.41 Å². The largest absolute Gasteiger partial charge is 0.312 e. The first-order valence-electron chi connectivity index (χ1n) is 4.17. The molecule has 0 saturated carbocycles. The molecule has 12 heavy (non-hydrogen) atoms. The van der Waals surface area contributed by atoms with E-state index in [1.807, 2.05) is 6.07 Å². The second-order valence-electron chi connectivity index (χ2n) is 3.02. The number of rotatable bonds is 1. The predicted molar refractivity (Wildman–Crippen MR) is 50.8 cm³/mol. The Morgan fingerprint density at radius 3 is 3.00 bits per heavy atom. The summed E-state index contributed by atoms with van der Waals surface area (Å²) in [6.45, 7) is 0. The number of allylic oxidation sites excluding steroid dienone is 2. The summed E-state index contributed by atoms with van der Waals surface area (Å²) in [5.41, 5.74) is 2.64. The topological polar surface area (TPSA) is 23.9 Å². The molecule has 1 aromatic rings. The highest BCUT2D eigenvalue weighted by atomic mass is 14.4. The molecule has 0 aliphatic heterocycles. The molecule has 1 aliphatic rings. The van der Waals surface area contributed by atoms with Gasteiger partial charge in [-0.3, -0.25) is 0 Å². The van der Waals surface area contributed by atoms with Gasteiger partial charge in [0.05, 0.1) is 0 Å². The zero-order valence-corrected chi connectivity index (χ0v) is 6.83. The lowest BCUT2D eigenvalue weighted by molar-refractivity contribution is 1.04. The molecule has 1 unspecified atom stereocenters. The van der Waals surface area contributed by atoms with E-state index in [4.69, 9.17) is 5.41 Å². The van der Waals surface area contributed by atoms with Gasteiger partial charge in [0.2, 0.25) is 0 Å². The smallest absolute Gasteiger partial charge is 0.0369 e. The fourth-order valence-corrected chi connectivity index (χ4v) is 1.64. The third kappa shape index (κ3) is 1.07. The van der Waals surface area contributed by atoms with Gasteiger partial charge in [-0.15, -0.1) is 0 Å². The molecule has 1 aliphatic carbocycles. The van der Waals surface area contributed by atoms with Crippen LogP contribution in [0.15, 0.2) is 36.4 Å². The van der Waals surface area contributed by atoms with E-state index in [0.29, 0.717) is 0 Å². The molecule has 60 valence electrons. The van der Waals surface area contributed by atoms with Crippen molar-refractivity contribution in [3.63, 3.8) is 0 Å². The van der Waals surface area contributed by atoms with Gasteiger partial charge in [0, 0.05) is 12.1 Å². The van der Waals surface area contributed by atoms with E-state index in [9.17, 15) is 0 Å². The molecule has 0 heterocycles. The van der Waals surface area contributed by atoms with Crippen molar-refractivity contribution in [2.45, 2.75) is 12.3 Å². The zero-order chi connectivity index (χ0) is 8.39. The van der Waals surface area contributed by atoms with E-state index in [0.717, 1.165) is 6.42 Å². The Kier molecular flexibility index (Phi) is 1.78. The fourth-order valence-electron chi connectivity index (χ4n) is 1.64. The molecule has 0 spiro atoms. The van der Waals surface area contributed by atoms with Crippen LogP contribution in [0.2, 0.25) is 0 Å². The number of nitrogens with one attached hydrogen (secondary N) is 1. The SMILES string of the molecule is N=CC1C=CCc2ccccc21. The van der Waals surface area contributed by atoms with Crippen LogP contribution in [0.4, 0.5) is 0 Å². The van der Waals surface area contributed by atoms with Crippen LogP contribution in [0.25, 0.3) is 0 Å². The minimum absolute atomic E-state index is 0.204. The van der Waals surface area contributed by atoms with Gasteiger partial charge in [0.15, 0.2) is 0 Å². The fraction of sp³-hybridized carbons (Fsp3) is 0.182. The molecule has 0 amide bonds. The molecular formula is C11H11N. The zero-order valence-electron chi connectivity index (χ0n) is 6.83. The second-order valence-corrected chi connectivity index (χ2v) is 3.02. The predicted octanol–water partition coefficient (Wildman–Crippen LogP) is 2.53. The van der Waals surface area contributed by atoms with Crippen molar-refractivity contribution in [3.8, 4) is 0 Å². The maximum Gasteiger partial charge on any atom is 0.0369 e. The molecule has 1 nitrogen and oxygen atoms in total. The number of hydrogen-bond acceptors (Lipinski definition) is 1. The summed E-state index contributed by atoms with van der Waals surface area (Å²) in [5, 5.41) is 7.25. The molecule has 1 N–H and O–H groups in total. The first-order chi connectivity index (χ1) is 5.92. The first kappa shape index (κ1) is 7.29. The molecule has 0 radical (unpaired) electrons. The standard InChI is InChI=1S/C11H11N/c12-8-10-6-3-5-9-4-1-2-7-11(9)10/h1-4,6-8,10,12H,5H2. The third-order valence-electron chi connectivity index (χ3n) is 2.27. The van der Waals surface area contributed by atoms with Crippen molar-refractivity contribution >= 4 is 6.21 Å². The first-order valence-corrected chi connectivity index (χ1v) is 4.17. The summed E-state index contributed by atoms with van der Waals surface area (Å²) in [6, 6.07) is 8.33. The molecule has 0 bridgehead atoms. The maximum absolute atomic E-state index is 7.25. The summed E-state index contributed by atoms with van der Waals surface area (Å²) in [7, 11) is 0. The molecule has 0 saturated heterocycles. The van der Waals surface area contributed by atoms with Crippen LogP contribution in [-0.2, 0) is 6.42 Å². The molecule has 0 fully saturated rings. The van der Waals surface area contributed by atoms with Crippen LogP contribution < -0.4 is 0 Å². The van der Waals surface area contributed by atoms with Crippen LogP contribution in [0.5, 0.6) is 0 Å². The summed E-state index contributed by atoms with van der Waals surface area (Å²) in [6.07, 6.45) is 6.74. The molecular weight excluding hydrogens is 146 g/mol. The van der Waals surface area contributed by atoms with E-state index in [-0.39, 0.29) is 5.92 Å². The lowest BCUT2D eigenvalue weighted by atomic mass is 9.89. The van der Waals surface area contributed by atoms with Crippen molar-refractivity contribution in [2.24, 2.45) is 0 Å². The Hall–Kier alpha value is -1.37. The third-order valence-corrected chi connectivity index (χ3v) is 2.27. The van der Waals surface area contributed by atoms with E-state index < -0.39 is 0 Å². The number of fused-ring (bicyclic) bond motifs is 1. The highest BCUT2D eigenvalue weighted by Gasteiger charge is 2.11. The molecule has 2 rings (SSSR count). The van der Waals surface area contributed by atoms with E-state index in [2.05, 4.69) is 30.4 Å². The average molecular weight is 157 g/mol. The summed E-state index contributed by atoms with van der Waals surface area (Å²) in [4.78, 5) is 0. The maximum atomic E-state index is 7.25. The lowest BCUT2D eigenvalue weighted by Crippen LogP contribution is -2.04. The Balaban J connectivity index is 2.49. The van der Waals surface area contributed by atoms with Crippen molar-refractivity contribution in [3.05, 3.63) is 47.5 Å². The van der Waals surface area contributed by atoms with Gasteiger partial charge >= 0.3 is 0 Å². The van der Waals surface area contributed by atoms with E-state index in [1.165, 1.54) is 17.3 Å². The van der Waals surface area contributed by atoms with Crippen LogP contribution in [-0.4, -0.2) is 6.21 Å². The molecule has 0 aromatic heterocycles. The number of benzene rings is 1. The second kappa shape index (κ2) is 2.94. The molecule has 1 atom stereocenters. The van der Waals surface area contributed by atoms with Crippen molar-refractivity contribution < 1.29 is 0 Å². The minimum Gasteiger partial charge on any atom is -0.312 e. The highest BCUT2D eigenvalue weighted by molar-refractivity contribution is 5.69. The van der Waals surface area contributed by atoms with Crippen molar-refractivity contribution in [2.75, 3.05) is 0 Å². The van der Waals surface area contributed by atoms with Gasteiger partial charge < -0.3 is 5.41 Å². The lowest BCUT2D eigenvalue weighted by Gasteiger charge is -2.16. The van der Waals surface area contributed by atoms with Gasteiger partial charge in [0.1, 0.15) is 0 Å². The molecule has 1 aromatic carbocycles.